The molecule has 0 aromatic carbocycles. The van der Waals surface area contributed by atoms with Crippen molar-refractivity contribution in [1.82, 2.24) is 19.6 Å². The van der Waals surface area contributed by atoms with Crippen LogP contribution in [0.25, 0.3) is 5.65 Å². The number of fused-ring (bicyclic) bond motifs is 1. The smallest absolute Gasteiger partial charge is 0.270 e. The number of rotatable bonds is 3. The van der Waals surface area contributed by atoms with Gasteiger partial charge in [-0.25, -0.2) is 4.98 Å². The molecule has 8 heteroatoms. The minimum absolute atomic E-state index is 0.0328. The summed E-state index contributed by atoms with van der Waals surface area (Å²) in [5.74, 6) is -0.536. The van der Waals surface area contributed by atoms with Gasteiger partial charge >= 0.3 is 0 Å². The van der Waals surface area contributed by atoms with Crippen LogP contribution >= 0.6 is 11.3 Å². The van der Waals surface area contributed by atoms with Crippen molar-refractivity contribution in [2.24, 2.45) is 0 Å². The number of carbonyl (C=O) groups excluding carboxylic acids is 1. The summed E-state index contributed by atoms with van der Waals surface area (Å²) >= 11 is 1.28. The van der Waals surface area contributed by atoms with Gasteiger partial charge in [0.2, 0.25) is 5.13 Å². The van der Waals surface area contributed by atoms with Crippen molar-refractivity contribution >= 4 is 28.0 Å². The maximum Gasteiger partial charge on any atom is 0.270 e. The summed E-state index contributed by atoms with van der Waals surface area (Å²) < 4.78 is 1.35. The molecule has 7 nitrogen and oxygen atoms in total. The highest BCUT2D eigenvalue weighted by molar-refractivity contribution is 7.15. The molecule has 3 heterocycles. The second-order valence-corrected chi connectivity index (χ2v) is 5.78. The van der Waals surface area contributed by atoms with Gasteiger partial charge in [0.1, 0.15) is 16.2 Å². The first-order chi connectivity index (χ1) is 10.6. The first kappa shape index (κ1) is 14.3. The fraction of sp³-hybridized carbons (Fsp3) is 0.214. The fourth-order valence-electron chi connectivity index (χ4n) is 1.94. The molecule has 1 N–H and O–H groups in total. The van der Waals surface area contributed by atoms with E-state index in [4.69, 9.17) is 0 Å². The number of anilines is 1. The van der Waals surface area contributed by atoms with Crippen molar-refractivity contribution in [1.29, 1.82) is 0 Å². The molecular formula is C14H13N5O2S. The highest BCUT2D eigenvalue weighted by Gasteiger charge is 2.15. The molecule has 0 fully saturated rings. The fourth-order valence-corrected chi connectivity index (χ4v) is 2.62. The Morgan fingerprint density at radius 2 is 2.23 bits per heavy atom. The second-order valence-electron chi connectivity index (χ2n) is 4.72. The predicted octanol–water partition coefficient (Wildman–Crippen LogP) is 1.67. The lowest BCUT2D eigenvalue weighted by Gasteiger charge is -2.04. The maximum absolute atomic E-state index is 12.4. The van der Waals surface area contributed by atoms with Crippen molar-refractivity contribution in [2.45, 2.75) is 20.3 Å². The Balaban J connectivity index is 1.95. The summed E-state index contributed by atoms with van der Waals surface area (Å²) in [6.45, 7) is 3.86. The van der Waals surface area contributed by atoms with E-state index in [-0.39, 0.29) is 5.56 Å². The third-order valence-corrected chi connectivity index (χ3v) is 4.08. The Hall–Kier alpha value is -2.61. The molecular weight excluding hydrogens is 302 g/mol. The van der Waals surface area contributed by atoms with Crippen LogP contribution in [0.4, 0.5) is 5.13 Å². The largest absolute Gasteiger partial charge is 0.296 e. The van der Waals surface area contributed by atoms with Gasteiger partial charge in [-0.3, -0.25) is 19.3 Å². The monoisotopic (exact) mass is 315 g/mol. The van der Waals surface area contributed by atoms with E-state index in [2.05, 4.69) is 20.5 Å². The van der Waals surface area contributed by atoms with Crippen LogP contribution in [0.1, 0.15) is 27.9 Å². The number of hydrogen-bond donors (Lipinski definition) is 1. The molecule has 0 saturated heterocycles. The van der Waals surface area contributed by atoms with Crippen molar-refractivity contribution in [3.8, 4) is 0 Å². The van der Waals surface area contributed by atoms with Gasteiger partial charge in [0, 0.05) is 12.4 Å². The van der Waals surface area contributed by atoms with E-state index < -0.39 is 11.5 Å². The second kappa shape index (κ2) is 5.64. The Labute approximate surface area is 129 Å². The summed E-state index contributed by atoms with van der Waals surface area (Å²) in [5, 5.41) is 11.6. The molecule has 0 aliphatic rings. The molecule has 0 aliphatic carbocycles. The molecule has 1 amide bonds. The standard InChI is InChI=1S/C14H13N5O2S/c1-3-11-17-18-14(22-11)16-12(20)9-7-15-10-6-8(2)4-5-19(10)13(9)21/h4-7H,3H2,1-2H3,(H,16,18,20). The lowest BCUT2D eigenvalue weighted by atomic mass is 10.2. The highest BCUT2D eigenvalue weighted by atomic mass is 32.1. The highest BCUT2D eigenvalue weighted by Crippen LogP contribution is 2.15. The first-order valence-electron chi connectivity index (χ1n) is 6.70. The van der Waals surface area contributed by atoms with Gasteiger partial charge in [0.25, 0.3) is 11.5 Å². The average Bonchev–Trinajstić information content (AvgIpc) is 2.95. The molecule has 0 saturated carbocycles. The molecule has 3 rings (SSSR count). The minimum atomic E-state index is -0.536. The van der Waals surface area contributed by atoms with Crippen molar-refractivity contribution in [2.75, 3.05) is 5.32 Å². The van der Waals surface area contributed by atoms with E-state index in [1.807, 2.05) is 13.8 Å². The van der Waals surface area contributed by atoms with Gasteiger partial charge in [0.05, 0.1) is 0 Å². The SMILES string of the molecule is CCc1nnc(NC(=O)c2cnc3cc(C)ccn3c2=O)s1. The molecule has 0 spiro atoms. The van der Waals surface area contributed by atoms with Crippen LogP contribution in [0.2, 0.25) is 0 Å². The number of pyridine rings is 1. The molecule has 0 bridgehead atoms. The van der Waals surface area contributed by atoms with Crippen LogP contribution in [0.15, 0.2) is 29.3 Å². The van der Waals surface area contributed by atoms with Crippen LogP contribution in [-0.4, -0.2) is 25.5 Å². The zero-order valence-electron chi connectivity index (χ0n) is 12.0. The van der Waals surface area contributed by atoms with E-state index in [0.29, 0.717) is 10.8 Å². The molecule has 3 aromatic rings. The van der Waals surface area contributed by atoms with Crippen LogP contribution in [0, 0.1) is 6.92 Å². The predicted molar refractivity (Wildman–Crippen MR) is 83.4 cm³/mol. The summed E-state index contributed by atoms with van der Waals surface area (Å²) in [5.41, 5.74) is 1.05. The Morgan fingerprint density at radius 3 is 2.95 bits per heavy atom. The number of carbonyl (C=O) groups is 1. The average molecular weight is 315 g/mol. The summed E-state index contributed by atoms with van der Waals surface area (Å²) in [4.78, 5) is 28.7. The summed E-state index contributed by atoms with van der Waals surface area (Å²) in [6.07, 6.45) is 3.64. The zero-order valence-corrected chi connectivity index (χ0v) is 12.8. The van der Waals surface area contributed by atoms with E-state index in [1.165, 1.54) is 21.9 Å². The number of aryl methyl sites for hydroxylation is 2. The van der Waals surface area contributed by atoms with Crippen molar-refractivity contribution < 1.29 is 4.79 Å². The van der Waals surface area contributed by atoms with Gasteiger partial charge < -0.3 is 0 Å². The minimum Gasteiger partial charge on any atom is -0.296 e. The Kier molecular flexibility index (Phi) is 3.68. The van der Waals surface area contributed by atoms with Gasteiger partial charge in [-0.15, -0.1) is 10.2 Å². The molecule has 22 heavy (non-hydrogen) atoms. The summed E-state index contributed by atoms with van der Waals surface area (Å²) in [7, 11) is 0. The van der Waals surface area contributed by atoms with Crippen LogP contribution < -0.4 is 10.9 Å². The number of hydrogen-bond acceptors (Lipinski definition) is 6. The van der Waals surface area contributed by atoms with Crippen LogP contribution in [-0.2, 0) is 6.42 Å². The lowest BCUT2D eigenvalue weighted by Crippen LogP contribution is -2.26. The lowest BCUT2D eigenvalue weighted by molar-refractivity contribution is 0.102. The normalized spacial score (nSPS) is 10.8. The quantitative estimate of drug-likeness (QED) is 0.794. The number of nitrogens with one attached hydrogen (secondary N) is 1. The van der Waals surface area contributed by atoms with E-state index in [9.17, 15) is 9.59 Å². The third-order valence-electron chi connectivity index (χ3n) is 3.10. The molecule has 112 valence electrons. The van der Waals surface area contributed by atoms with Gasteiger partial charge in [-0.2, -0.15) is 0 Å². The molecule has 0 radical (unpaired) electrons. The van der Waals surface area contributed by atoms with Crippen molar-refractivity contribution in [3.63, 3.8) is 0 Å². The third kappa shape index (κ3) is 2.60. The number of nitrogens with zero attached hydrogens (tertiary/aromatic N) is 4. The Bertz CT molecular complexity index is 915. The number of aromatic nitrogens is 4. The van der Waals surface area contributed by atoms with Gasteiger partial charge in [-0.1, -0.05) is 18.3 Å². The molecule has 3 aromatic heterocycles. The zero-order chi connectivity index (χ0) is 15.7. The Morgan fingerprint density at radius 1 is 1.41 bits per heavy atom. The van der Waals surface area contributed by atoms with E-state index >= 15 is 0 Å². The molecule has 0 aliphatic heterocycles. The van der Waals surface area contributed by atoms with E-state index in [1.54, 1.807) is 18.3 Å². The van der Waals surface area contributed by atoms with E-state index in [0.717, 1.165) is 17.0 Å². The van der Waals surface area contributed by atoms with Crippen LogP contribution in [0.5, 0.6) is 0 Å². The maximum atomic E-state index is 12.4. The molecule has 0 atom stereocenters. The molecule has 0 unspecified atom stereocenters. The van der Waals surface area contributed by atoms with Gasteiger partial charge in [0.15, 0.2) is 0 Å². The summed E-state index contributed by atoms with van der Waals surface area (Å²) in [6, 6.07) is 3.57. The first-order valence-corrected chi connectivity index (χ1v) is 7.52. The van der Waals surface area contributed by atoms with Gasteiger partial charge in [-0.05, 0) is 31.0 Å². The topological polar surface area (TPSA) is 89.2 Å². The van der Waals surface area contributed by atoms with Crippen LogP contribution in [0.3, 0.4) is 0 Å². The number of amides is 1. The van der Waals surface area contributed by atoms with Crippen molar-refractivity contribution in [3.05, 3.63) is 51.0 Å².